The van der Waals surface area contributed by atoms with Crippen LogP contribution in [0.1, 0.15) is 16.7 Å². The summed E-state index contributed by atoms with van der Waals surface area (Å²) in [7, 11) is 1.71. The molecule has 0 spiro atoms. The molecule has 3 aromatic carbocycles. The highest BCUT2D eigenvalue weighted by atomic mass is 79.9. The van der Waals surface area contributed by atoms with Crippen LogP contribution in [0.5, 0.6) is 11.5 Å². The molecule has 5 heteroatoms. The van der Waals surface area contributed by atoms with E-state index in [1.165, 1.54) is 5.56 Å². The number of hydrogen-bond donors (Lipinski definition) is 1. The second-order valence-corrected chi connectivity index (χ2v) is 7.76. The van der Waals surface area contributed by atoms with Crippen LogP contribution >= 0.6 is 27.5 Å². The Morgan fingerprint density at radius 3 is 2.50 bits per heavy atom. The van der Waals surface area contributed by atoms with E-state index in [-0.39, 0.29) is 0 Å². The molecule has 0 aliphatic heterocycles. The van der Waals surface area contributed by atoms with E-state index in [1.54, 1.807) is 7.11 Å². The zero-order valence-electron chi connectivity index (χ0n) is 15.8. The Balaban J connectivity index is 1.57. The van der Waals surface area contributed by atoms with E-state index < -0.39 is 0 Å². The van der Waals surface area contributed by atoms with E-state index in [1.807, 2.05) is 54.6 Å². The van der Waals surface area contributed by atoms with Crippen LogP contribution in [0.2, 0.25) is 5.02 Å². The number of nitrogens with one attached hydrogen (secondary N) is 1. The van der Waals surface area contributed by atoms with Crippen molar-refractivity contribution in [1.82, 2.24) is 5.32 Å². The van der Waals surface area contributed by atoms with Gasteiger partial charge in [0.25, 0.3) is 0 Å². The lowest BCUT2D eigenvalue weighted by atomic mass is 10.1. The summed E-state index contributed by atoms with van der Waals surface area (Å²) in [4.78, 5) is 0. The van der Waals surface area contributed by atoms with Crippen LogP contribution in [0.3, 0.4) is 0 Å². The molecule has 0 saturated carbocycles. The number of rotatable bonds is 9. The highest BCUT2D eigenvalue weighted by molar-refractivity contribution is 9.10. The first-order valence-corrected chi connectivity index (χ1v) is 10.3. The number of methoxy groups -OCH3 is 1. The molecule has 0 bridgehead atoms. The van der Waals surface area contributed by atoms with Crippen molar-refractivity contribution in [3.05, 3.63) is 92.9 Å². The minimum Gasteiger partial charge on any atom is -0.496 e. The van der Waals surface area contributed by atoms with Crippen molar-refractivity contribution >= 4 is 27.5 Å². The third-order valence-electron chi connectivity index (χ3n) is 4.41. The lowest BCUT2D eigenvalue weighted by Gasteiger charge is -2.14. The summed E-state index contributed by atoms with van der Waals surface area (Å²) >= 11 is 9.49. The molecule has 0 atom stereocenters. The van der Waals surface area contributed by atoms with Gasteiger partial charge in [-0.2, -0.15) is 0 Å². The number of benzene rings is 3. The van der Waals surface area contributed by atoms with Crippen molar-refractivity contribution in [2.45, 2.75) is 19.6 Å². The zero-order valence-corrected chi connectivity index (χ0v) is 18.1. The molecule has 1 N–H and O–H groups in total. The Hall–Kier alpha value is -2.01. The van der Waals surface area contributed by atoms with Gasteiger partial charge in [-0.15, -0.1) is 0 Å². The summed E-state index contributed by atoms with van der Waals surface area (Å²) in [5, 5.41) is 4.23. The fraction of sp³-hybridized carbons (Fsp3) is 0.217. The predicted molar refractivity (Wildman–Crippen MR) is 118 cm³/mol. The quantitative estimate of drug-likeness (QED) is 0.396. The normalized spacial score (nSPS) is 10.7. The molecular formula is C23H23BrClNO2. The van der Waals surface area contributed by atoms with E-state index in [9.17, 15) is 0 Å². The molecule has 0 aliphatic rings. The maximum atomic E-state index is 6.05. The molecule has 3 nitrogen and oxygen atoms in total. The Morgan fingerprint density at radius 1 is 0.929 bits per heavy atom. The molecule has 0 aliphatic carbocycles. The molecule has 3 rings (SSSR count). The van der Waals surface area contributed by atoms with Crippen LogP contribution in [0.25, 0.3) is 0 Å². The van der Waals surface area contributed by atoms with Crippen molar-refractivity contribution in [3.63, 3.8) is 0 Å². The van der Waals surface area contributed by atoms with Crippen molar-refractivity contribution in [2.24, 2.45) is 0 Å². The molecule has 0 radical (unpaired) electrons. The SMILES string of the molecule is COc1ccccc1CCNCc1cc(Br)ccc1OCc1ccc(Cl)cc1. The molecule has 146 valence electrons. The lowest BCUT2D eigenvalue weighted by Crippen LogP contribution is -2.17. The summed E-state index contributed by atoms with van der Waals surface area (Å²) in [6, 6.07) is 21.9. The smallest absolute Gasteiger partial charge is 0.124 e. The second-order valence-electron chi connectivity index (χ2n) is 6.41. The van der Waals surface area contributed by atoms with Gasteiger partial charge in [0.05, 0.1) is 7.11 Å². The molecule has 28 heavy (non-hydrogen) atoms. The topological polar surface area (TPSA) is 30.5 Å². The van der Waals surface area contributed by atoms with Crippen LogP contribution in [0.4, 0.5) is 0 Å². The van der Waals surface area contributed by atoms with E-state index in [0.29, 0.717) is 6.61 Å². The van der Waals surface area contributed by atoms with E-state index in [4.69, 9.17) is 21.1 Å². The van der Waals surface area contributed by atoms with Gasteiger partial charge >= 0.3 is 0 Å². The Morgan fingerprint density at radius 2 is 1.71 bits per heavy atom. The van der Waals surface area contributed by atoms with Crippen LogP contribution in [0.15, 0.2) is 71.2 Å². The highest BCUT2D eigenvalue weighted by Gasteiger charge is 2.06. The zero-order chi connectivity index (χ0) is 19.8. The standard InChI is InChI=1S/C23H23BrClNO2/c1-27-22-5-3-2-4-18(22)12-13-26-15-19-14-20(24)8-11-23(19)28-16-17-6-9-21(25)10-7-17/h2-11,14,26H,12-13,15-16H2,1H3. The molecule has 0 unspecified atom stereocenters. The molecule has 0 amide bonds. The minimum absolute atomic E-state index is 0.507. The first-order valence-electron chi connectivity index (χ1n) is 9.14. The lowest BCUT2D eigenvalue weighted by molar-refractivity contribution is 0.302. The fourth-order valence-corrected chi connectivity index (χ4v) is 3.46. The minimum atomic E-state index is 0.507. The molecule has 0 heterocycles. The van der Waals surface area contributed by atoms with E-state index in [0.717, 1.165) is 51.6 Å². The molecule has 0 saturated heterocycles. The van der Waals surface area contributed by atoms with Gasteiger partial charge < -0.3 is 14.8 Å². The molecule has 3 aromatic rings. The first-order chi connectivity index (χ1) is 13.7. The molecule has 0 fully saturated rings. The van der Waals surface area contributed by atoms with Crippen LogP contribution in [-0.4, -0.2) is 13.7 Å². The number of hydrogen-bond acceptors (Lipinski definition) is 3. The molecule has 0 aromatic heterocycles. The molecular weight excluding hydrogens is 438 g/mol. The van der Waals surface area contributed by atoms with E-state index in [2.05, 4.69) is 33.4 Å². The monoisotopic (exact) mass is 459 g/mol. The summed E-state index contributed by atoms with van der Waals surface area (Å²) < 4.78 is 12.5. The van der Waals surface area contributed by atoms with Gasteiger partial charge in [-0.3, -0.25) is 0 Å². The average Bonchev–Trinajstić information content (AvgIpc) is 2.72. The largest absolute Gasteiger partial charge is 0.496 e. The van der Waals surface area contributed by atoms with Gasteiger partial charge in [-0.1, -0.05) is 57.9 Å². The number of ether oxygens (including phenoxy) is 2. The predicted octanol–water partition coefficient (Wildman–Crippen LogP) is 6.02. The third-order valence-corrected chi connectivity index (χ3v) is 5.15. The van der Waals surface area contributed by atoms with Crippen molar-refractivity contribution in [2.75, 3.05) is 13.7 Å². The third kappa shape index (κ3) is 5.99. The van der Waals surface area contributed by atoms with Gasteiger partial charge in [-0.05, 0) is 60.5 Å². The maximum absolute atomic E-state index is 6.05. The van der Waals surface area contributed by atoms with Crippen LogP contribution in [-0.2, 0) is 19.6 Å². The summed E-state index contributed by atoms with van der Waals surface area (Å²) in [6.45, 7) is 2.08. The van der Waals surface area contributed by atoms with Gasteiger partial charge in [0, 0.05) is 21.6 Å². The highest BCUT2D eigenvalue weighted by Crippen LogP contribution is 2.24. The Bertz CT molecular complexity index is 899. The first kappa shape index (κ1) is 20.7. The van der Waals surface area contributed by atoms with E-state index >= 15 is 0 Å². The Labute approximate surface area is 179 Å². The van der Waals surface area contributed by atoms with Gasteiger partial charge in [-0.25, -0.2) is 0 Å². The number of halogens is 2. The van der Waals surface area contributed by atoms with Crippen LogP contribution < -0.4 is 14.8 Å². The van der Waals surface area contributed by atoms with Gasteiger partial charge in [0.2, 0.25) is 0 Å². The maximum Gasteiger partial charge on any atom is 0.124 e. The van der Waals surface area contributed by atoms with Crippen molar-refractivity contribution < 1.29 is 9.47 Å². The Kier molecular flexibility index (Phi) is 7.78. The van der Waals surface area contributed by atoms with Crippen LogP contribution in [0, 0.1) is 0 Å². The number of para-hydroxylation sites is 1. The van der Waals surface area contributed by atoms with Crippen molar-refractivity contribution in [3.8, 4) is 11.5 Å². The van der Waals surface area contributed by atoms with Crippen molar-refractivity contribution in [1.29, 1.82) is 0 Å². The fourth-order valence-electron chi connectivity index (χ4n) is 2.92. The van der Waals surface area contributed by atoms with Gasteiger partial charge in [0.1, 0.15) is 18.1 Å². The van der Waals surface area contributed by atoms with Gasteiger partial charge in [0.15, 0.2) is 0 Å². The average molecular weight is 461 g/mol. The summed E-state index contributed by atoms with van der Waals surface area (Å²) in [5.74, 6) is 1.81. The second kappa shape index (κ2) is 10.5. The summed E-state index contributed by atoms with van der Waals surface area (Å²) in [6.07, 6.45) is 0.902. The summed E-state index contributed by atoms with van der Waals surface area (Å²) in [5.41, 5.74) is 3.40.